The van der Waals surface area contributed by atoms with Crippen molar-refractivity contribution in [2.75, 3.05) is 33.5 Å². The van der Waals surface area contributed by atoms with Gasteiger partial charge in [0.1, 0.15) is 11.5 Å². The molecular formula is C20H32O7S. The molecule has 7 nitrogen and oxygen atoms in total. The van der Waals surface area contributed by atoms with Crippen LogP contribution in [0.25, 0.3) is 0 Å². The Bertz CT molecular complexity index is 673. The molecule has 1 atom stereocenters. The number of rotatable bonds is 15. The monoisotopic (exact) mass is 416 g/mol. The minimum absolute atomic E-state index is 0.0195. The van der Waals surface area contributed by atoms with Crippen molar-refractivity contribution in [1.29, 1.82) is 0 Å². The van der Waals surface area contributed by atoms with Gasteiger partial charge in [0, 0.05) is 7.11 Å². The molecule has 0 unspecified atom stereocenters. The number of methoxy groups -OCH3 is 1. The molecule has 0 amide bonds. The first-order valence-electron chi connectivity index (χ1n) is 9.68. The molecule has 1 aromatic rings. The van der Waals surface area contributed by atoms with Gasteiger partial charge in [-0.3, -0.25) is 4.18 Å². The largest absolute Gasteiger partial charge is 0.460 e. The molecule has 28 heavy (non-hydrogen) atoms. The van der Waals surface area contributed by atoms with Crippen LogP contribution in [0.5, 0.6) is 0 Å². The van der Waals surface area contributed by atoms with E-state index < -0.39 is 22.2 Å². The fourth-order valence-corrected chi connectivity index (χ4v) is 3.84. The third-order valence-electron chi connectivity index (χ3n) is 4.02. The minimum atomic E-state index is -4.07. The second kappa shape index (κ2) is 13.7. The van der Waals surface area contributed by atoms with E-state index in [9.17, 15) is 13.2 Å². The summed E-state index contributed by atoms with van der Waals surface area (Å²) < 4.78 is 45.7. The molecule has 0 spiro atoms. The van der Waals surface area contributed by atoms with E-state index in [1.807, 2.05) is 0 Å². The lowest BCUT2D eigenvalue weighted by molar-refractivity contribution is 0.0210. The number of benzene rings is 1. The molecule has 1 aromatic carbocycles. The lowest BCUT2D eigenvalue weighted by Crippen LogP contribution is -2.19. The number of esters is 1. The van der Waals surface area contributed by atoms with Crippen LogP contribution in [0.2, 0.25) is 0 Å². The number of hydrogen-bond acceptors (Lipinski definition) is 7. The zero-order chi connectivity index (χ0) is 20.8. The van der Waals surface area contributed by atoms with Gasteiger partial charge in [-0.1, -0.05) is 44.7 Å². The van der Waals surface area contributed by atoms with Gasteiger partial charge in [-0.15, -0.1) is 0 Å². The molecule has 1 rings (SSSR count). The molecule has 0 fully saturated rings. The molecule has 0 saturated carbocycles. The predicted octanol–water partition coefficient (Wildman–Crippen LogP) is 3.57. The Morgan fingerprint density at radius 1 is 1.04 bits per heavy atom. The van der Waals surface area contributed by atoms with E-state index in [1.54, 1.807) is 26.2 Å². The molecule has 0 N–H and O–H groups in total. The first-order valence-corrected chi connectivity index (χ1v) is 11.1. The lowest BCUT2D eigenvalue weighted by atomic mass is 10.1. The number of carbonyl (C=O) groups is 1. The maximum atomic E-state index is 12.6. The molecule has 0 aliphatic rings. The van der Waals surface area contributed by atoms with Gasteiger partial charge in [0.25, 0.3) is 10.1 Å². The molecule has 0 radical (unpaired) electrons. The Balaban J connectivity index is 2.66. The Kier molecular flexibility index (Phi) is 12.0. The van der Waals surface area contributed by atoms with Crippen LogP contribution in [0.3, 0.4) is 0 Å². The highest BCUT2D eigenvalue weighted by molar-refractivity contribution is 7.86. The summed E-state index contributed by atoms with van der Waals surface area (Å²) in [5, 5.41) is 0. The molecule has 0 bridgehead atoms. The highest BCUT2D eigenvalue weighted by atomic mass is 32.2. The summed E-state index contributed by atoms with van der Waals surface area (Å²) in [5.74, 6) is -0.728. The van der Waals surface area contributed by atoms with Gasteiger partial charge in [-0.05, 0) is 25.5 Å². The van der Waals surface area contributed by atoms with E-state index >= 15 is 0 Å². The zero-order valence-corrected chi connectivity index (χ0v) is 17.8. The van der Waals surface area contributed by atoms with Crippen LogP contribution in [0.1, 0.15) is 56.3 Å². The predicted molar refractivity (Wildman–Crippen MR) is 106 cm³/mol. The van der Waals surface area contributed by atoms with Gasteiger partial charge in [0.05, 0.1) is 31.5 Å². The van der Waals surface area contributed by atoms with Crippen LogP contribution >= 0.6 is 0 Å². The average Bonchev–Trinajstić information content (AvgIpc) is 2.67. The number of ether oxygens (including phenoxy) is 3. The van der Waals surface area contributed by atoms with E-state index in [0.29, 0.717) is 19.6 Å². The van der Waals surface area contributed by atoms with Crippen LogP contribution < -0.4 is 0 Å². The standard InChI is InChI=1S/C20H32O7S/c1-4-5-6-7-10-17(2)27-28(22,23)19-12-9-8-11-18(19)20(21)26-16-15-25-14-13-24-3/h8-9,11-12,17H,4-7,10,13-16H2,1-3H3/t17-/m0/s1. The Morgan fingerprint density at radius 2 is 1.75 bits per heavy atom. The Labute approximate surface area is 168 Å². The molecular weight excluding hydrogens is 384 g/mol. The summed E-state index contributed by atoms with van der Waals surface area (Å²) >= 11 is 0. The molecule has 0 saturated heterocycles. The third kappa shape index (κ3) is 9.14. The van der Waals surface area contributed by atoms with Crippen molar-refractivity contribution in [3.63, 3.8) is 0 Å². The number of unbranched alkanes of at least 4 members (excludes halogenated alkanes) is 3. The lowest BCUT2D eigenvalue weighted by Gasteiger charge is -2.15. The zero-order valence-electron chi connectivity index (χ0n) is 17.0. The normalized spacial score (nSPS) is 12.7. The highest BCUT2D eigenvalue weighted by Crippen LogP contribution is 2.21. The van der Waals surface area contributed by atoms with E-state index in [0.717, 1.165) is 25.7 Å². The summed E-state index contributed by atoms with van der Waals surface area (Å²) in [6.45, 7) is 4.90. The quantitative estimate of drug-likeness (QED) is 0.245. The second-order valence-corrected chi connectivity index (χ2v) is 7.99. The smallest absolute Gasteiger partial charge is 0.339 e. The van der Waals surface area contributed by atoms with Crippen molar-refractivity contribution in [3.05, 3.63) is 29.8 Å². The summed E-state index contributed by atoms with van der Waals surface area (Å²) in [5.41, 5.74) is -0.0439. The maximum Gasteiger partial charge on any atom is 0.339 e. The number of carbonyl (C=O) groups excluding carboxylic acids is 1. The van der Waals surface area contributed by atoms with E-state index in [4.69, 9.17) is 18.4 Å². The van der Waals surface area contributed by atoms with E-state index in [1.165, 1.54) is 12.1 Å². The second-order valence-electron chi connectivity index (χ2n) is 6.45. The van der Waals surface area contributed by atoms with Crippen molar-refractivity contribution in [1.82, 2.24) is 0 Å². The third-order valence-corrected chi connectivity index (χ3v) is 5.50. The molecule has 0 aromatic heterocycles. The molecule has 0 aliphatic carbocycles. The first-order chi connectivity index (χ1) is 13.4. The SMILES string of the molecule is CCCCCC[C@H](C)OS(=O)(=O)c1ccccc1C(=O)OCCOCCOC. The molecule has 0 aliphatic heterocycles. The average molecular weight is 417 g/mol. The summed E-state index contributed by atoms with van der Waals surface area (Å²) in [6.07, 6.45) is 4.35. The molecule has 160 valence electrons. The summed E-state index contributed by atoms with van der Waals surface area (Å²) in [6, 6.07) is 5.90. The van der Waals surface area contributed by atoms with Crippen molar-refractivity contribution < 1.29 is 31.6 Å². The van der Waals surface area contributed by atoms with Crippen molar-refractivity contribution >= 4 is 16.1 Å². The summed E-state index contributed by atoms with van der Waals surface area (Å²) in [7, 11) is -2.50. The van der Waals surface area contributed by atoms with Crippen molar-refractivity contribution in [2.24, 2.45) is 0 Å². The van der Waals surface area contributed by atoms with Crippen LogP contribution in [0, 0.1) is 0 Å². The Morgan fingerprint density at radius 3 is 2.46 bits per heavy atom. The Hall–Kier alpha value is -1.48. The fourth-order valence-electron chi connectivity index (χ4n) is 2.54. The molecule has 0 heterocycles. The van der Waals surface area contributed by atoms with Crippen LogP contribution in [0.4, 0.5) is 0 Å². The number of hydrogen-bond donors (Lipinski definition) is 0. The van der Waals surface area contributed by atoms with E-state index in [2.05, 4.69) is 6.92 Å². The molecule has 8 heteroatoms. The topological polar surface area (TPSA) is 88.1 Å². The van der Waals surface area contributed by atoms with Gasteiger partial charge in [-0.2, -0.15) is 8.42 Å². The van der Waals surface area contributed by atoms with E-state index in [-0.39, 0.29) is 23.7 Å². The van der Waals surface area contributed by atoms with Gasteiger partial charge >= 0.3 is 5.97 Å². The first kappa shape index (κ1) is 24.6. The van der Waals surface area contributed by atoms with Gasteiger partial charge < -0.3 is 14.2 Å². The fraction of sp³-hybridized carbons (Fsp3) is 0.650. The highest BCUT2D eigenvalue weighted by Gasteiger charge is 2.25. The van der Waals surface area contributed by atoms with Gasteiger partial charge in [0.2, 0.25) is 0 Å². The maximum absolute atomic E-state index is 12.6. The van der Waals surface area contributed by atoms with Crippen LogP contribution in [-0.2, 0) is 28.5 Å². The minimum Gasteiger partial charge on any atom is -0.460 e. The van der Waals surface area contributed by atoms with Gasteiger partial charge in [-0.25, -0.2) is 4.79 Å². The summed E-state index contributed by atoms with van der Waals surface area (Å²) in [4.78, 5) is 12.1. The van der Waals surface area contributed by atoms with Crippen LogP contribution in [0.15, 0.2) is 29.2 Å². The van der Waals surface area contributed by atoms with Crippen molar-refractivity contribution in [2.45, 2.75) is 57.0 Å². The van der Waals surface area contributed by atoms with Crippen LogP contribution in [-0.4, -0.2) is 54.0 Å². The van der Waals surface area contributed by atoms with Gasteiger partial charge in [0.15, 0.2) is 0 Å². The van der Waals surface area contributed by atoms with Crippen molar-refractivity contribution in [3.8, 4) is 0 Å².